The third-order valence-corrected chi connectivity index (χ3v) is 3.71. The summed E-state index contributed by atoms with van der Waals surface area (Å²) in [4.78, 5) is 34.0. The van der Waals surface area contributed by atoms with Gasteiger partial charge in [-0.25, -0.2) is 0 Å². The van der Waals surface area contributed by atoms with Crippen LogP contribution >= 0.6 is 11.6 Å². The molecule has 2 N–H and O–H groups in total. The topological polar surface area (TPSA) is 101 Å². The molecular formula is C18H16ClN3O4. The minimum atomic E-state index is -0.520. The number of nitro benzene ring substituents is 1. The highest BCUT2D eigenvalue weighted by atomic mass is 35.5. The second kappa shape index (κ2) is 8.77. The fourth-order valence-electron chi connectivity index (χ4n) is 2.08. The lowest BCUT2D eigenvalue weighted by Gasteiger charge is -2.09. The van der Waals surface area contributed by atoms with Crippen molar-refractivity contribution in [2.75, 3.05) is 10.6 Å². The molecule has 2 amide bonds. The van der Waals surface area contributed by atoms with Crippen LogP contribution in [0.15, 0.2) is 48.5 Å². The molecule has 134 valence electrons. The van der Waals surface area contributed by atoms with Gasteiger partial charge < -0.3 is 10.6 Å². The molecule has 8 heteroatoms. The molecule has 0 bridgehead atoms. The van der Waals surface area contributed by atoms with E-state index in [1.165, 1.54) is 30.4 Å². The van der Waals surface area contributed by atoms with Crippen molar-refractivity contribution in [3.05, 3.63) is 69.2 Å². The summed E-state index contributed by atoms with van der Waals surface area (Å²) in [5.74, 6) is -0.676. The summed E-state index contributed by atoms with van der Waals surface area (Å²) in [6.07, 6.45) is 2.85. The van der Waals surface area contributed by atoms with Crippen molar-refractivity contribution in [1.29, 1.82) is 0 Å². The van der Waals surface area contributed by atoms with Crippen LogP contribution in [0, 0.1) is 10.1 Å². The predicted molar refractivity (Wildman–Crippen MR) is 101 cm³/mol. The number of nitrogens with one attached hydrogen (secondary N) is 2. The number of halogens is 1. The Bertz CT molecular complexity index is 880. The Hall–Kier alpha value is -3.19. The number of nitrogens with zero attached hydrogens (tertiary/aromatic N) is 1. The van der Waals surface area contributed by atoms with Gasteiger partial charge >= 0.3 is 0 Å². The molecule has 2 aromatic carbocycles. The maximum atomic E-state index is 12.1. The number of hydrogen-bond donors (Lipinski definition) is 2. The second-order valence-corrected chi connectivity index (χ2v) is 5.64. The van der Waals surface area contributed by atoms with Gasteiger partial charge in [0.05, 0.1) is 21.2 Å². The summed E-state index contributed by atoms with van der Waals surface area (Å²) >= 11 is 6.05. The number of hydrogen-bond acceptors (Lipinski definition) is 4. The van der Waals surface area contributed by atoms with E-state index in [2.05, 4.69) is 10.6 Å². The number of carbonyl (C=O) groups is 2. The van der Waals surface area contributed by atoms with Gasteiger partial charge in [-0.1, -0.05) is 30.7 Å². The molecule has 0 aliphatic carbocycles. The first-order valence-electron chi connectivity index (χ1n) is 7.72. The fourth-order valence-corrected chi connectivity index (χ4v) is 2.25. The Labute approximate surface area is 154 Å². The summed E-state index contributed by atoms with van der Waals surface area (Å²) in [5, 5.41) is 16.5. The Morgan fingerprint density at radius 3 is 2.62 bits per heavy atom. The van der Waals surface area contributed by atoms with E-state index in [0.29, 0.717) is 28.4 Å². The Morgan fingerprint density at radius 1 is 1.19 bits per heavy atom. The smallest absolute Gasteiger partial charge is 0.276 e. The van der Waals surface area contributed by atoms with Crippen LogP contribution < -0.4 is 10.6 Å². The number of para-hydroxylation sites is 1. The molecular weight excluding hydrogens is 358 g/mol. The summed E-state index contributed by atoms with van der Waals surface area (Å²) < 4.78 is 0. The van der Waals surface area contributed by atoms with E-state index in [-0.39, 0.29) is 11.6 Å². The molecule has 0 unspecified atom stereocenters. The lowest BCUT2D eigenvalue weighted by Crippen LogP contribution is -2.11. The third kappa shape index (κ3) is 5.15. The predicted octanol–water partition coefficient (Wildman–Crippen LogP) is 4.25. The van der Waals surface area contributed by atoms with Gasteiger partial charge in [0.1, 0.15) is 0 Å². The number of nitro groups is 1. The molecule has 2 rings (SSSR count). The van der Waals surface area contributed by atoms with Gasteiger partial charge in [0, 0.05) is 24.3 Å². The van der Waals surface area contributed by atoms with Crippen molar-refractivity contribution in [1.82, 2.24) is 0 Å². The summed E-state index contributed by atoms with van der Waals surface area (Å²) in [6, 6.07) is 10.8. The standard InChI is InChI=1S/C18H16ClN3O4/c1-2-17(23)20-13-8-9-14(19)15(11-13)21-18(24)10-7-12-5-3-4-6-16(12)22(25)26/h3-11H,2H2,1H3,(H,20,23)(H,21,24)/b10-7+. The number of carbonyl (C=O) groups excluding carboxylic acids is 2. The first kappa shape index (κ1) is 19.1. The average Bonchev–Trinajstić information content (AvgIpc) is 2.62. The summed E-state index contributed by atoms with van der Waals surface area (Å²) in [5.41, 5.74) is 1.03. The van der Waals surface area contributed by atoms with Crippen LogP contribution in [-0.4, -0.2) is 16.7 Å². The number of rotatable bonds is 6. The lowest BCUT2D eigenvalue weighted by atomic mass is 10.1. The molecule has 0 saturated heterocycles. The van der Waals surface area contributed by atoms with E-state index in [1.807, 2.05) is 0 Å². The van der Waals surface area contributed by atoms with E-state index in [0.717, 1.165) is 0 Å². The van der Waals surface area contributed by atoms with Gasteiger partial charge in [0.2, 0.25) is 11.8 Å². The normalized spacial score (nSPS) is 10.5. The molecule has 0 radical (unpaired) electrons. The summed E-state index contributed by atoms with van der Waals surface area (Å²) in [7, 11) is 0. The van der Waals surface area contributed by atoms with Crippen LogP contribution in [0.3, 0.4) is 0 Å². The molecule has 0 saturated carbocycles. The van der Waals surface area contributed by atoms with E-state index in [9.17, 15) is 19.7 Å². The quantitative estimate of drug-likeness (QED) is 0.449. The molecule has 26 heavy (non-hydrogen) atoms. The van der Waals surface area contributed by atoms with E-state index in [1.54, 1.807) is 31.2 Å². The van der Waals surface area contributed by atoms with Crippen molar-refractivity contribution < 1.29 is 14.5 Å². The van der Waals surface area contributed by atoms with Gasteiger partial charge in [-0.05, 0) is 30.3 Å². The summed E-state index contributed by atoms with van der Waals surface area (Å²) in [6.45, 7) is 1.72. The highest BCUT2D eigenvalue weighted by molar-refractivity contribution is 6.34. The molecule has 0 atom stereocenters. The molecule has 7 nitrogen and oxygen atoms in total. The molecule has 0 aromatic heterocycles. The minimum absolute atomic E-state index is 0.0983. The Balaban J connectivity index is 2.14. The van der Waals surface area contributed by atoms with E-state index < -0.39 is 10.8 Å². The minimum Gasteiger partial charge on any atom is -0.326 e. The number of benzene rings is 2. The molecule has 0 heterocycles. The first-order valence-corrected chi connectivity index (χ1v) is 8.10. The monoisotopic (exact) mass is 373 g/mol. The third-order valence-electron chi connectivity index (χ3n) is 3.38. The van der Waals surface area contributed by atoms with Crippen molar-refractivity contribution in [3.63, 3.8) is 0 Å². The Morgan fingerprint density at radius 2 is 1.92 bits per heavy atom. The van der Waals surface area contributed by atoms with Crippen LogP contribution in [0.2, 0.25) is 5.02 Å². The van der Waals surface area contributed by atoms with Crippen molar-refractivity contribution >= 4 is 46.6 Å². The van der Waals surface area contributed by atoms with Crippen LogP contribution in [0.5, 0.6) is 0 Å². The number of amides is 2. The van der Waals surface area contributed by atoms with Gasteiger partial charge in [-0.3, -0.25) is 19.7 Å². The highest BCUT2D eigenvalue weighted by Gasteiger charge is 2.10. The van der Waals surface area contributed by atoms with Crippen LogP contribution in [0.1, 0.15) is 18.9 Å². The van der Waals surface area contributed by atoms with Crippen molar-refractivity contribution in [2.24, 2.45) is 0 Å². The molecule has 0 fully saturated rings. The molecule has 0 spiro atoms. The van der Waals surface area contributed by atoms with E-state index in [4.69, 9.17) is 11.6 Å². The largest absolute Gasteiger partial charge is 0.326 e. The zero-order valence-electron chi connectivity index (χ0n) is 13.9. The fraction of sp³-hybridized carbons (Fsp3) is 0.111. The SMILES string of the molecule is CCC(=O)Nc1ccc(Cl)c(NC(=O)/C=C/c2ccccc2[N+](=O)[O-])c1. The molecule has 0 aliphatic heterocycles. The van der Waals surface area contributed by atoms with Crippen LogP contribution in [0.4, 0.5) is 17.1 Å². The van der Waals surface area contributed by atoms with Gasteiger partial charge in [-0.15, -0.1) is 0 Å². The van der Waals surface area contributed by atoms with Crippen LogP contribution in [0.25, 0.3) is 6.08 Å². The van der Waals surface area contributed by atoms with Gasteiger partial charge in [0.15, 0.2) is 0 Å². The van der Waals surface area contributed by atoms with Crippen molar-refractivity contribution in [2.45, 2.75) is 13.3 Å². The zero-order chi connectivity index (χ0) is 19.1. The number of anilines is 2. The van der Waals surface area contributed by atoms with E-state index >= 15 is 0 Å². The maximum Gasteiger partial charge on any atom is 0.276 e. The van der Waals surface area contributed by atoms with Crippen molar-refractivity contribution in [3.8, 4) is 0 Å². The Kier molecular flexibility index (Phi) is 6.46. The lowest BCUT2D eigenvalue weighted by molar-refractivity contribution is -0.385. The molecule has 2 aromatic rings. The highest BCUT2D eigenvalue weighted by Crippen LogP contribution is 2.26. The first-order chi connectivity index (χ1) is 12.4. The maximum absolute atomic E-state index is 12.1. The van der Waals surface area contributed by atoms with Crippen LogP contribution in [-0.2, 0) is 9.59 Å². The zero-order valence-corrected chi connectivity index (χ0v) is 14.6. The molecule has 0 aliphatic rings. The average molecular weight is 374 g/mol. The van der Waals surface area contributed by atoms with Gasteiger partial charge in [-0.2, -0.15) is 0 Å². The van der Waals surface area contributed by atoms with Gasteiger partial charge in [0.25, 0.3) is 5.69 Å². The second-order valence-electron chi connectivity index (χ2n) is 5.23.